The van der Waals surface area contributed by atoms with Gasteiger partial charge in [0.05, 0.1) is 0 Å². The molecule has 0 spiro atoms. The third kappa shape index (κ3) is 5.74. The lowest BCUT2D eigenvalue weighted by molar-refractivity contribution is 0.235. The van der Waals surface area contributed by atoms with E-state index in [1.807, 2.05) is 30.3 Å². The van der Waals surface area contributed by atoms with Gasteiger partial charge in [-0.05, 0) is 55.6 Å². The van der Waals surface area contributed by atoms with Gasteiger partial charge in [0.25, 0.3) is 0 Å². The second-order valence-corrected chi connectivity index (χ2v) is 8.15. The normalized spacial score (nSPS) is 19.7. The SMILES string of the molecule is CCCCCCC=Cc1ccc(-c2ccc([C@H]3CC[C@H](F)CC3)cc2)c(F)c1F. The Morgan fingerprint density at radius 3 is 2.28 bits per heavy atom. The van der Waals surface area contributed by atoms with Crippen LogP contribution in [0.5, 0.6) is 0 Å². The number of benzene rings is 2. The Morgan fingerprint density at radius 2 is 1.59 bits per heavy atom. The summed E-state index contributed by atoms with van der Waals surface area (Å²) >= 11 is 0. The average molecular weight is 401 g/mol. The maximum Gasteiger partial charge on any atom is 0.167 e. The summed E-state index contributed by atoms with van der Waals surface area (Å²) < 4.78 is 42.5. The van der Waals surface area contributed by atoms with Crippen molar-refractivity contribution in [1.82, 2.24) is 0 Å². The van der Waals surface area contributed by atoms with E-state index >= 15 is 0 Å². The van der Waals surface area contributed by atoms with Crippen molar-refractivity contribution >= 4 is 6.08 Å². The molecule has 1 fully saturated rings. The summed E-state index contributed by atoms with van der Waals surface area (Å²) in [5.41, 5.74) is 2.39. The molecule has 0 N–H and O–H groups in total. The molecule has 0 bridgehead atoms. The van der Waals surface area contributed by atoms with Crippen LogP contribution in [0.1, 0.15) is 81.8 Å². The standard InChI is InChI=1S/C26H31F3/c1-2-3-4-5-6-7-8-22-15-18-24(26(29)25(22)28)21-11-9-19(10-12-21)20-13-16-23(27)17-14-20/h7-12,15,18,20,23H,2-6,13-14,16-17H2,1H3/t20-,23-. The Morgan fingerprint density at radius 1 is 0.862 bits per heavy atom. The monoisotopic (exact) mass is 400 g/mol. The highest BCUT2D eigenvalue weighted by Gasteiger charge is 2.22. The highest BCUT2D eigenvalue weighted by atomic mass is 19.2. The van der Waals surface area contributed by atoms with Crippen molar-refractivity contribution in [3.05, 3.63) is 65.2 Å². The van der Waals surface area contributed by atoms with E-state index in [0.717, 1.165) is 31.2 Å². The fraction of sp³-hybridized carbons (Fsp3) is 0.462. The molecular weight excluding hydrogens is 369 g/mol. The molecule has 0 heterocycles. The number of halogens is 3. The number of hydrogen-bond acceptors (Lipinski definition) is 0. The molecule has 0 radical (unpaired) electrons. The summed E-state index contributed by atoms with van der Waals surface area (Å²) in [6, 6.07) is 10.9. The van der Waals surface area contributed by atoms with Gasteiger partial charge in [0.15, 0.2) is 11.6 Å². The molecule has 3 rings (SSSR count). The largest absolute Gasteiger partial charge is 0.247 e. The first-order valence-electron chi connectivity index (χ1n) is 11.0. The van der Waals surface area contributed by atoms with Crippen molar-refractivity contribution in [2.24, 2.45) is 0 Å². The van der Waals surface area contributed by atoms with Crippen LogP contribution in [0.15, 0.2) is 42.5 Å². The number of hydrogen-bond donors (Lipinski definition) is 0. The van der Waals surface area contributed by atoms with Crippen LogP contribution in [0.2, 0.25) is 0 Å². The molecule has 156 valence electrons. The Bertz CT molecular complexity index is 799. The minimum atomic E-state index is -0.802. The summed E-state index contributed by atoms with van der Waals surface area (Å²) in [7, 11) is 0. The molecule has 0 nitrogen and oxygen atoms in total. The molecule has 0 unspecified atom stereocenters. The maximum absolute atomic E-state index is 14.7. The third-order valence-corrected chi connectivity index (χ3v) is 5.98. The molecule has 3 heteroatoms. The van der Waals surface area contributed by atoms with Gasteiger partial charge in [-0.1, -0.05) is 74.7 Å². The van der Waals surface area contributed by atoms with Gasteiger partial charge < -0.3 is 0 Å². The number of rotatable bonds is 8. The Balaban J connectivity index is 1.67. The zero-order valence-electron chi connectivity index (χ0n) is 17.3. The number of alkyl halides is 1. The summed E-state index contributed by atoms with van der Waals surface area (Å²) in [5, 5.41) is 0. The topological polar surface area (TPSA) is 0 Å². The molecule has 2 aromatic carbocycles. The molecule has 0 amide bonds. The highest BCUT2D eigenvalue weighted by molar-refractivity contribution is 5.67. The lowest BCUT2D eigenvalue weighted by Gasteiger charge is -2.24. The first-order chi connectivity index (χ1) is 14.1. The summed E-state index contributed by atoms with van der Waals surface area (Å²) in [5.74, 6) is -1.23. The van der Waals surface area contributed by atoms with Crippen molar-refractivity contribution in [2.45, 2.75) is 76.8 Å². The van der Waals surface area contributed by atoms with E-state index in [1.165, 1.54) is 19.3 Å². The van der Waals surface area contributed by atoms with Gasteiger partial charge in [0, 0.05) is 11.1 Å². The highest BCUT2D eigenvalue weighted by Crippen LogP contribution is 2.35. The van der Waals surface area contributed by atoms with Crippen molar-refractivity contribution in [1.29, 1.82) is 0 Å². The van der Waals surface area contributed by atoms with Crippen LogP contribution in [0, 0.1) is 11.6 Å². The molecule has 0 atom stereocenters. The number of allylic oxidation sites excluding steroid dienone is 1. The fourth-order valence-electron chi connectivity index (χ4n) is 4.14. The molecule has 0 aliphatic heterocycles. The van der Waals surface area contributed by atoms with Crippen LogP contribution in [0.25, 0.3) is 17.2 Å². The van der Waals surface area contributed by atoms with E-state index in [0.29, 0.717) is 29.9 Å². The number of unbranched alkanes of at least 4 members (excludes halogenated alkanes) is 4. The van der Waals surface area contributed by atoms with Crippen LogP contribution in [-0.4, -0.2) is 6.17 Å². The minimum absolute atomic E-state index is 0.279. The van der Waals surface area contributed by atoms with E-state index in [2.05, 4.69) is 6.92 Å². The van der Waals surface area contributed by atoms with Crippen molar-refractivity contribution in [3.8, 4) is 11.1 Å². The second-order valence-electron chi connectivity index (χ2n) is 8.15. The predicted molar refractivity (Wildman–Crippen MR) is 116 cm³/mol. The quantitative estimate of drug-likeness (QED) is 0.389. The first kappa shape index (κ1) is 21.7. The lowest BCUT2D eigenvalue weighted by atomic mass is 9.83. The van der Waals surface area contributed by atoms with E-state index < -0.39 is 17.8 Å². The molecule has 1 aliphatic carbocycles. The molecular formula is C26H31F3. The first-order valence-corrected chi connectivity index (χ1v) is 11.0. The molecule has 0 aromatic heterocycles. The Kier molecular flexibility index (Phi) is 7.97. The van der Waals surface area contributed by atoms with Gasteiger partial charge in [-0.2, -0.15) is 0 Å². The lowest BCUT2D eigenvalue weighted by Crippen LogP contribution is -2.13. The molecule has 2 aromatic rings. The van der Waals surface area contributed by atoms with Gasteiger partial charge in [-0.25, -0.2) is 13.2 Å². The zero-order valence-corrected chi connectivity index (χ0v) is 17.3. The third-order valence-electron chi connectivity index (χ3n) is 5.98. The van der Waals surface area contributed by atoms with Crippen molar-refractivity contribution in [2.75, 3.05) is 0 Å². The Labute approximate surface area is 172 Å². The smallest absolute Gasteiger partial charge is 0.167 e. The van der Waals surface area contributed by atoms with Crippen LogP contribution in [0.4, 0.5) is 13.2 Å². The zero-order chi connectivity index (χ0) is 20.6. The van der Waals surface area contributed by atoms with Crippen molar-refractivity contribution < 1.29 is 13.2 Å². The van der Waals surface area contributed by atoms with Gasteiger partial charge in [0.2, 0.25) is 0 Å². The predicted octanol–water partition coefficient (Wildman–Crippen LogP) is 8.61. The Hall–Kier alpha value is -2.03. The van der Waals surface area contributed by atoms with E-state index in [1.54, 1.807) is 18.2 Å². The average Bonchev–Trinajstić information content (AvgIpc) is 2.74. The van der Waals surface area contributed by atoms with Crippen LogP contribution < -0.4 is 0 Å². The maximum atomic E-state index is 14.7. The van der Waals surface area contributed by atoms with Gasteiger partial charge in [-0.15, -0.1) is 0 Å². The van der Waals surface area contributed by atoms with E-state index in [9.17, 15) is 13.2 Å². The van der Waals surface area contributed by atoms with Crippen LogP contribution >= 0.6 is 0 Å². The summed E-state index contributed by atoms with van der Waals surface area (Å²) in [6.45, 7) is 2.17. The van der Waals surface area contributed by atoms with Gasteiger partial charge >= 0.3 is 0 Å². The summed E-state index contributed by atoms with van der Waals surface area (Å²) in [6.07, 6.45) is 11.4. The van der Waals surface area contributed by atoms with Gasteiger partial charge in [0.1, 0.15) is 6.17 Å². The fourth-order valence-corrected chi connectivity index (χ4v) is 4.14. The minimum Gasteiger partial charge on any atom is -0.247 e. The van der Waals surface area contributed by atoms with E-state index in [4.69, 9.17) is 0 Å². The van der Waals surface area contributed by atoms with Crippen LogP contribution in [0.3, 0.4) is 0 Å². The molecule has 0 saturated heterocycles. The molecule has 1 aliphatic rings. The van der Waals surface area contributed by atoms with Crippen molar-refractivity contribution in [3.63, 3.8) is 0 Å². The summed E-state index contributed by atoms with van der Waals surface area (Å²) in [4.78, 5) is 0. The second kappa shape index (κ2) is 10.7. The van der Waals surface area contributed by atoms with E-state index in [-0.39, 0.29) is 5.56 Å². The molecule has 29 heavy (non-hydrogen) atoms. The van der Waals surface area contributed by atoms with Crippen LogP contribution in [-0.2, 0) is 0 Å². The molecule has 1 saturated carbocycles. The van der Waals surface area contributed by atoms with Gasteiger partial charge in [-0.3, -0.25) is 0 Å².